The normalized spacial score (nSPS) is 23.8. The highest BCUT2D eigenvalue weighted by molar-refractivity contribution is 5.94. The Labute approximate surface area is 122 Å². The van der Waals surface area contributed by atoms with E-state index in [1.807, 2.05) is 17.0 Å². The van der Waals surface area contributed by atoms with E-state index >= 15 is 0 Å². The number of carbonyl (C=O) groups excluding carboxylic acids is 1. The quantitative estimate of drug-likeness (QED) is 0.856. The van der Waals surface area contributed by atoms with E-state index in [-0.39, 0.29) is 17.4 Å². The van der Waals surface area contributed by atoms with Gasteiger partial charge in [0, 0.05) is 24.7 Å². The Hall–Kier alpha value is -1.35. The van der Waals surface area contributed by atoms with E-state index < -0.39 is 0 Å². The summed E-state index contributed by atoms with van der Waals surface area (Å²) in [4.78, 5) is 14.4. The number of rotatable bonds is 1. The van der Waals surface area contributed by atoms with Crippen LogP contribution in [-0.4, -0.2) is 29.9 Å². The van der Waals surface area contributed by atoms with Crippen molar-refractivity contribution in [3.63, 3.8) is 0 Å². The van der Waals surface area contributed by atoms with Gasteiger partial charge >= 0.3 is 0 Å². The van der Waals surface area contributed by atoms with E-state index in [0.717, 1.165) is 25.1 Å². The molecule has 2 atom stereocenters. The van der Waals surface area contributed by atoms with E-state index in [4.69, 9.17) is 5.73 Å². The topological polar surface area (TPSA) is 46.3 Å². The zero-order chi connectivity index (χ0) is 14.9. The van der Waals surface area contributed by atoms with Crippen molar-refractivity contribution in [3.05, 3.63) is 35.4 Å². The lowest BCUT2D eigenvalue weighted by Gasteiger charge is -2.35. The van der Waals surface area contributed by atoms with Crippen molar-refractivity contribution < 1.29 is 4.79 Å². The van der Waals surface area contributed by atoms with E-state index in [0.29, 0.717) is 5.92 Å². The molecule has 0 saturated carbocycles. The van der Waals surface area contributed by atoms with Gasteiger partial charge in [0.15, 0.2) is 0 Å². The molecule has 0 aliphatic carbocycles. The van der Waals surface area contributed by atoms with Crippen LogP contribution in [0.5, 0.6) is 0 Å². The zero-order valence-electron chi connectivity index (χ0n) is 13.0. The summed E-state index contributed by atoms with van der Waals surface area (Å²) in [5.74, 6) is 0.505. The van der Waals surface area contributed by atoms with Crippen LogP contribution >= 0.6 is 0 Å². The van der Waals surface area contributed by atoms with Gasteiger partial charge in [-0.1, -0.05) is 39.8 Å². The number of amides is 1. The molecule has 1 aliphatic rings. The molecule has 2 N–H and O–H groups in total. The average Bonchev–Trinajstić information content (AvgIpc) is 2.40. The summed E-state index contributed by atoms with van der Waals surface area (Å²) in [6.45, 7) is 10.2. The van der Waals surface area contributed by atoms with Gasteiger partial charge in [-0.2, -0.15) is 0 Å². The number of likely N-dealkylation sites (tertiary alicyclic amines) is 1. The van der Waals surface area contributed by atoms with Crippen molar-refractivity contribution >= 4 is 5.91 Å². The van der Waals surface area contributed by atoms with Crippen LogP contribution in [0.25, 0.3) is 0 Å². The fraction of sp³-hybridized carbons (Fsp3) is 0.588. The number of hydrogen-bond donors (Lipinski definition) is 1. The van der Waals surface area contributed by atoms with Crippen molar-refractivity contribution in [2.75, 3.05) is 13.1 Å². The van der Waals surface area contributed by atoms with Crippen LogP contribution in [0.15, 0.2) is 24.3 Å². The Morgan fingerprint density at radius 2 is 1.85 bits per heavy atom. The molecule has 110 valence electrons. The maximum atomic E-state index is 12.5. The van der Waals surface area contributed by atoms with Crippen LogP contribution in [0.2, 0.25) is 0 Å². The zero-order valence-corrected chi connectivity index (χ0v) is 13.0. The summed E-state index contributed by atoms with van der Waals surface area (Å²) >= 11 is 0. The molecule has 0 radical (unpaired) electrons. The summed E-state index contributed by atoms with van der Waals surface area (Å²) < 4.78 is 0. The predicted molar refractivity (Wildman–Crippen MR) is 82.8 cm³/mol. The average molecular weight is 274 g/mol. The highest BCUT2D eigenvalue weighted by Crippen LogP contribution is 2.23. The standard InChI is InChI=1S/C17H26N2O/c1-12-11-19(10-9-15(12)18)16(20)13-5-7-14(8-6-13)17(2,3)4/h5-8,12,15H,9-11,18H2,1-4H3. The minimum absolute atomic E-state index is 0.119. The third-order valence-corrected chi connectivity index (χ3v) is 4.26. The fourth-order valence-corrected chi connectivity index (χ4v) is 2.64. The summed E-state index contributed by atoms with van der Waals surface area (Å²) in [5.41, 5.74) is 8.16. The molecule has 1 heterocycles. The lowest BCUT2D eigenvalue weighted by molar-refractivity contribution is 0.0664. The van der Waals surface area contributed by atoms with Crippen molar-refractivity contribution in [2.24, 2.45) is 11.7 Å². The van der Waals surface area contributed by atoms with Gasteiger partial charge in [0.1, 0.15) is 0 Å². The highest BCUT2D eigenvalue weighted by Gasteiger charge is 2.27. The number of nitrogens with zero attached hydrogens (tertiary/aromatic N) is 1. The molecule has 1 saturated heterocycles. The molecular formula is C17H26N2O. The first kappa shape index (κ1) is 15.0. The molecule has 1 amide bonds. The Morgan fingerprint density at radius 3 is 2.35 bits per heavy atom. The second-order valence-electron chi connectivity index (χ2n) is 7.01. The predicted octanol–water partition coefficient (Wildman–Crippen LogP) is 2.79. The van der Waals surface area contributed by atoms with Crippen molar-refractivity contribution in [3.8, 4) is 0 Å². The van der Waals surface area contributed by atoms with Crippen LogP contribution in [-0.2, 0) is 5.41 Å². The highest BCUT2D eigenvalue weighted by atomic mass is 16.2. The van der Waals surface area contributed by atoms with Crippen molar-refractivity contribution in [2.45, 2.75) is 45.6 Å². The van der Waals surface area contributed by atoms with E-state index in [9.17, 15) is 4.79 Å². The van der Waals surface area contributed by atoms with Crippen LogP contribution in [0, 0.1) is 5.92 Å². The van der Waals surface area contributed by atoms with E-state index in [1.54, 1.807) is 0 Å². The van der Waals surface area contributed by atoms with Gasteiger partial charge in [-0.15, -0.1) is 0 Å². The first-order valence-electron chi connectivity index (χ1n) is 7.44. The molecule has 0 spiro atoms. The van der Waals surface area contributed by atoms with Crippen molar-refractivity contribution in [1.29, 1.82) is 0 Å². The SMILES string of the molecule is CC1CN(C(=O)c2ccc(C(C)(C)C)cc2)CCC1N. The Balaban J connectivity index is 2.10. The third-order valence-electron chi connectivity index (χ3n) is 4.26. The minimum Gasteiger partial charge on any atom is -0.338 e. The Morgan fingerprint density at radius 1 is 1.25 bits per heavy atom. The molecule has 3 heteroatoms. The molecule has 20 heavy (non-hydrogen) atoms. The van der Waals surface area contributed by atoms with Crippen LogP contribution in [0.4, 0.5) is 0 Å². The first-order chi connectivity index (χ1) is 9.29. The summed E-state index contributed by atoms with van der Waals surface area (Å²) in [6, 6.07) is 8.24. The maximum Gasteiger partial charge on any atom is 0.253 e. The van der Waals surface area contributed by atoms with E-state index in [1.165, 1.54) is 5.56 Å². The lowest BCUT2D eigenvalue weighted by Crippen LogP contribution is -2.48. The molecule has 1 aromatic rings. The molecule has 1 aromatic carbocycles. The number of piperidine rings is 1. The summed E-state index contributed by atoms with van der Waals surface area (Å²) in [6.07, 6.45) is 0.896. The van der Waals surface area contributed by atoms with Gasteiger partial charge in [0.05, 0.1) is 0 Å². The molecular weight excluding hydrogens is 248 g/mol. The second kappa shape index (κ2) is 5.57. The lowest BCUT2D eigenvalue weighted by atomic mass is 9.86. The summed E-state index contributed by atoms with van der Waals surface area (Å²) in [7, 11) is 0. The van der Waals surface area contributed by atoms with Gasteiger partial charge in [-0.05, 0) is 35.4 Å². The van der Waals surface area contributed by atoms with Gasteiger partial charge in [0.2, 0.25) is 0 Å². The number of carbonyl (C=O) groups is 1. The van der Waals surface area contributed by atoms with E-state index in [2.05, 4.69) is 39.8 Å². The van der Waals surface area contributed by atoms with Crippen LogP contribution in [0.3, 0.4) is 0 Å². The van der Waals surface area contributed by atoms with Crippen molar-refractivity contribution in [1.82, 2.24) is 4.90 Å². The number of benzene rings is 1. The van der Waals surface area contributed by atoms with Gasteiger partial charge in [-0.3, -0.25) is 4.79 Å². The molecule has 2 unspecified atom stereocenters. The monoisotopic (exact) mass is 274 g/mol. The fourth-order valence-electron chi connectivity index (χ4n) is 2.64. The Kier molecular flexibility index (Phi) is 4.19. The Bertz CT molecular complexity index is 473. The third kappa shape index (κ3) is 3.21. The second-order valence-corrected chi connectivity index (χ2v) is 7.01. The van der Waals surface area contributed by atoms with Gasteiger partial charge in [-0.25, -0.2) is 0 Å². The largest absolute Gasteiger partial charge is 0.338 e. The number of hydrogen-bond acceptors (Lipinski definition) is 2. The molecule has 0 aromatic heterocycles. The van der Waals surface area contributed by atoms with Crippen LogP contribution < -0.4 is 5.73 Å². The van der Waals surface area contributed by atoms with Crippen LogP contribution in [0.1, 0.15) is 50.0 Å². The van der Waals surface area contributed by atoms with Gasteiger partial charge < -0.3 is 10.6 Å². The molecule has 2 rings (SSSR count). The van der Waals surface area contributed by atoms with Gasteiger partial charge in [0.25, 0.3) is 5.91 Å². The summed E-state index contributed by atoms with van der Waals surface area (Å²) in [5, 5.41) is 0. The molecule has 1 aliphatic heterocycles. The smallest absolute Gasteiger partial charge is 0.253 e. The molecule has 0 bridgehead atoms. The number of nitrogens with two attached hydrogens (primary N) is 1. The maximum absolute atomic E-state index is 12.5. The minimum atomic E-state index is 0.119. The molecule has 3 nitrogen and oxygen atoms in total. The molecule has 1 fully saturated rings. The first-order valence-corrected chi connectivity index (χ1v) is 7.44.